The summed E-state index contributed by atoms with van der Waals surface area (Å²) in [5.74, 6) is 7.27. The van der Waals surface area contributed by atoms with Gasteiger partial charge in [-0.3, -0.25) is 0 Å². The van der Waals surface area contributed by atoms with Crippen molar-refractivity contribution in [3.8, 4) is 11.8 Å². The Morgan fingerprint density at radius 2 is 2.00 bits per heavy atom. The molecule has 0 saturated heterocycles. The van der Waals surface area contributed by atoms with Crippen molar-refractivity contribution < 1.29 is 0 Å². The summed E-state index contributed by atoms with van der Waals surface area (Å²) in [6.45, 7) is 2.31. The summed E-state index contributed by atoms with van der Waals surface area (Å²) in [4.78, 5) is 0. The van der Waals surface area contributed by atoms with Crippen LogP contribution in [0.1, 0.15) is 45.4 Å². The largest absolute Gasteiger partial charge is 0.103 e. The summed E-state index contributed by atoms with van der Waals surface area (Å²) < 4.78 is 0. The Hall–Kier alpha value is -0.440. The first-order valence-electron chi connectivity index (χ1n) is 4.35. The molecule has 0 heteroatoms. The second-order valence-electron chi connectivity index (χ2n) is 3.26. The summed E-state index contributed by atoms with van der Waals surface area (Å²) in [6, 6.07) is 0. The van der Waals surface area contributed by atoms with Gasteiger partial charge in [0, 0.05) is 12.8 Å². The van der Waals surface area contributed by atoms with Crippen molar-refractivity contribution in [2.24, 2.45) is 5.92 Å². The highest BCUT2D eigenvalue weighted by Crippen LogP contribution is 2.14. The molecule has 0 fully saturated rings. The van der Waals surface area contributed by atoms with Crippen LogP contribution in [0, 0.1) is 17.8 Å². The second-order valence-corrected chi connectivity index (χ2v) is 3.26. The molecule has 0 aromatic rings. The molecule has 0 amide bonds. The molecule has 1 atom stereocenters. The molecule has 0 nitrogen and oxygen atoms in total. The van der Waals surface area contributed by atoms with Gasteiger partial charge in [0.2, 0.25) is 0 Å². The van der Waals surface area contributed by atoms with E-state index >= 15 is 0 Å². The van der Waals surface area contributed by atoms with Crippen LogP contribution in [0.5, 0.6) is 0 Å². The monoisotopic (exact) mass is 136 g/mol. The van der Waals surface area contributed by atoms with Gasteiger partial charge in [-0.25, -0.2) is 0 Å². The summed E-state index contributed by atoms with van der Waals surface area (Å²) in [5.41, 5.74) is 0. The molecule has 56 valence electrons. The predicted molar refractivity (Wildman–Crippen MR) is 44.6 cm³/mol. The molecule has 0 radical (unpaired) electrons. The molecule has 0 aromatic heterocycles. The third-order valence-electron chi connectivity index (χ3n) is 2.07. The Kier molecular flexibility index (Phi) is 3.36. The van der Waals surface area contributed by atoms with Gasteiger partial charge in [0.15, 0.2) is 0 Å². The van der Waals surface area contributed by atoms with Crippen molar-refractivity contribution >= 4 is 0 Å². The van der Waals surface area contributed by atoms with Crippen molar-refractivity contribution in [3.63, 3.8) is 0 Å². The molecule has 0 aliphatic heterocycles. The Balaban J connectivity index is 2.31. The Morgan fingerprint density at radius 1 is 1.10 bits per heavy atom. The minimum absolute atomic E-state index is 0.839. The van der Waals surface area contributed by atoms with E-state index in [1.165, 1.54) is 25.7 Å². The van der Waals surface area contributed by atoms with Crippen LogP contribution in [0.2, 0.25) is 0 Å². The van der Waals surface area contributed by atoms with Crippen molar-refractivity contribution in [3.05, 3.63) is 0 Å². The molecule has 1 aliphatic carbocycles. The van der Waals surface area contributed by atoms with E-state index in [9.17, 15) is 0 Å². The van der Waals surface area contributed by atoms with Crippen molar-refractivity contribution in [2.75, 3.05) is 0 Å². The molecule has 1 rings (SSSR count). The van der Waals surface area contributed by atoms with E-state index in [1.807, 2.05) is 0 Å². The first kappa shape index (κ1) is 7.66. The fraction of sp³-hybridized carbons (Fsp3) is 0.800. The summed E-state index contributed by atoms with van der Waals surface area (Å²) >= 11 is 0. The van der Waals surface area contributed by atoms with Gasteiger partial charge in [-0.05, 0) is 18.8 Å². The molecule has 0 saturated carbocycles. The number of hydrogen-bond acceptors (Lipinski definition) is 0. The average Bonchev–Trinajstić information content (AvgIpc) is 2.02. The Morgan fingerprint density at radius 3 is 2.90 bits per heavy atom. The highest BCUT2D eigenvalue weighted by Gasteiger charge is 2.00. The molecule has 0 spiro atoms. The van der Waals surface area contributed by atoms with Gasteiger partial charge in [0.25, 0.3) is 0 Å². The van der Waals surface area contributed by atoms with Gasteiger partial charge in [-0.2, -0.15) is 0 Å². The van der Waals surface area contributed by atoms with Crippen LogP contribution in [0.25, 0.3) is 0 Å². The number of rotatable bonds is 0. The van der Waals surface area contributed by atoms with Crippen LogP contribution in [0.4, 0.5) is 0 Å². The minimum Gasteiger partial charge on any atom is -0.103 e. The van der Waals surface area contributed by atoms with E-state index < -0.39 is 0 Å². The van der Waals surface area contributed by atoms with E-state index in [4.69, 9.17) is 0 Å². The van der Waals surface area contributed by atoms with Crippen LogP contribution < -0.4 is 0 Å². The zero-order valence-electron chi connectivity index (χ0n) is 6.82. The quantitative estimate of drug-likeness (QED) is 0.449. The van der Waals surface area contributed by atoms with Crippen molar-refractivity contribution in [2.45, 2.75) is 45.4 Å². The highest BCUT2D eigenvalue weighted by atomic mass is 14.0. The van der Waals surface area contributed by atoms with Crippen LogP contribution in [-0.4, -0.2) is 0 Å². The van der Waals surface area contributed by atoms with Crippen molar-refractivity contribution in [1.82, 2.24) is 0 Å². The lowest BCUT2D eigenvalue weighted by molar-refractivity contribution is 0.507. The summed E-state index contributed by atoms with van der Waals surface area (Å²) in [6.07, 6.45) is 7.75. The third kappa shape index (κ3) is 2.92. The van der Waals surface area contributed by atoms with Gasteiger partial charge < -0.3 is 0 Å². The van der Waals surface area contributed by atoms with Gasteiger partial charge in [0.05, 0.1) is 0 Å². The Labute approximate surface area is 64.0 Å². The van der Waals surface area contributed by atoms with Crippen LogP contribution >= 0.6 is 0 Å². The molecule has 0 N–H and O–H groups in total. The average molecular weight is 136 g/mol. The van der Waals surface area contributed by atoms with E-state index in [0.29, 0.717) is 0 Å². The van der Waals surface area contributed by atoms with Crippen molar-refractivity contribution in [1.29, 1.82) is 0 Å². The van der Waals surface area contributed by atoms with Gasteiger partial charge in [-0.15, -0.1) is 11.8 Å². The fourth-order valence-electron chi connectivity index (χ4n) is 1.32. The molecule has 0 heterocycles. The lowest BCUT2D eigenvalue weighted by Gasteiger charge is -2.04. The normalized spacial score (nSPS) is 27.1. The highest BCUT2D eigenvalue weighted by molar-refractivity contribution is 4.99. The zero-order chi connectivity index (χ0) is 7.23. The first-order chi connectivity index (χ1) is 4.89. The maximum Gasteiger partial charge on any atom is 0.0114 e. The lowest BCUT2D eigenvalue weighted by atomic mass is 10.0. The molecule has 0 aromatic carbocycles. The summed E-state index contributed by atoms with van der Waals surface area (Å²) in [5, 5.41) is 0. The second kappa shape index (κ2) is 4.39. The van der Waals surface area contributed by atoms with E-state index in [2.05, 4.69) is 18.8 Å². The van der Waals surface area contributed by atoms with Crippen LogP contribution in [0.15, 0.2) is 0 Å². The maximum atomic E-state index is 3.23. The van der Waals surface area contributed by atoms with E-state index in [0.717, 1.165) is 18.8 Å². The van der Waals surface area contributed by atoms with Crippen LogP contribution in [-0.2, 0) is 0 Å². The van der Waals surface area contributed by atoms with Crippen LogP contribution in [0.3, 0.4) is 0 Å². The van der Waals surface area contributed by atoms with E-state index in [-0.39, 0.29) is 0 Å². The molecular weight excluding hydrogens is 120 g/mol. The molecule has 1 unspecified atom stereocenters. The Bertz CT molecular complexity index is 136. The smallest absolute Gasteiger partial charge is 0.0114 e. The number of hydrogen-bond donors (Lipinski definition) is 0. The maximum absolute atomic E-state index is 3.23. The molecule has 0 bridgehead atoms. The van der Waals surface area contributed by atoms with Gasteiger partial charge in [0.1, 0.15) is 0 Å². The SMILES string of the molecule is CC1CC#CCCCCC1. The van der Waals surface area contributed by atoms with Gasteiger partial charge in [-0.1, -0.05) is 19.8 Å². The minimum atomic E-state index is 0.839. The first-order valence-corrected chi connectivity index (χ1v) is 4.35. The van der Waals surface area contributed by atoms with E-state index in [1.54, 1.807) is 0 Å². The van der Waals surface area contributed by atoms with Gasteiger partial charge >= 0.3 is 0 Å². The molecule has 1 aliphatic rings. The topological polar surface area (TPSA) is 0 Å². The molecular formula is C10H16. The molecule has 10 heavy (non-hydrogen) atoms. The standard InChI is InChI=1S/C10H16/c1-10-8-6-4-2-3-5-7-9-10/h10H,2-4,6,8-9H2,1H3. The third-order valence-corrected chi connectivity index (χ3v) is 2.07. The fourth-order valence-corrected chi connectivity index (χ4v) is 1.32. The zero-order valence-corrected chi connectivity index (χ0v) is 6.82. The predicted octanol–water partition coefficient (Wildman–Crippen LogP) is 2.98. The summed E-state index contributed by atoms with van der Waals surface area (Å²) in [7, 11) is 0. The lowest BCUT2D eigenvalue weighted by Crippen LogP contribution is -1.91.